The number of hydrogen-bond acceptors (Lipinski definition) is 8. The van der Waals surface area contributed by atoms with Crippen LogP contribution >= 0.6 is 11.6 Å². The molecular formula is C30H30ClN5O3. The van der Waals surface area contributed by atoms with Gasteiger partial charge >= 0.3 is 0 Å². The number of aromatic nitrogens is 1. The fourth-order valence-electron chi connectivity index (χ4n) is 4.56. The molecule has 0 amide bonds. The lowest BCUT2D eigenvalue weighted by Gasteiger charge is -2.29. The number of rotatable bonds is 8. The Hall–Kier alpha value is -4.19. The molecule has 5 rings (SSSR count). The highest BCUT2D eigenvalue weighted by atomic mass is 35.5. The van der Waals surface area contributed by atoms with Crippen LogP contribution in [-0.2, 0) is 6.61 Å². The van der Waals surface area contributed by atoms with Gasteiger partial charge in [0.1, 0.15) is 36.0 Å². The van der Waals surface area contributed by atoms with Gasteiger partial charge in [0.25, 0.3) is 0 Å². The summed E-state index contributed by atoms with van der Waals surface area (Å²) in [5.41, 5.74) is 10.3. The number of pyridine rings is 1. The molecule has 39 heavy (non-hydrogen) atoms. The van der Waals surface area contributed by atoms with Gasteiger partial charge in [-0.25, -0.2) is 0 Å². The number of fused-ring (bicyclic) bond motifs is 1. The third-order valence-electron chi connectivity index (χ3n) is 6.83. The summed E-state index contributed by atoms with van der Waals surface area (Å²) in [4.78, 5) is 6.79. The van der Waals surface area contributed by atoms with Crippen LogP contribution in [0.5, 0.6) is 17.2 Å². The summed E-state index contributed by atoms with van der Waals surface area (Å²) < 4.78 is 17.4. The number of nitrogens with one attached hydrogen (secondary N) is 1. The minimum absolute atomic E-state index is 0.115. The van der Waals surface area contributed by atoms with Crippen LogP contribution in [0.1, 0.15) is 24.0 Å². The van der Waals surface area contributed by atoms with Gasteiger partial charge in [-0.05, 0) is 61.9 Å². The van der Waals surface area contributed by atoms with Crippen molar-refractivity contribution in [2.24, 2.45) is 0 Å². The highest BCUT2D eigenvalue weighted by Gasteiger charge is 2.20. The molecule has 0 aliphatic carbocycles. The predicted octanol–water partition coefficient (Wildman–Crippen LogP) is 6.15. The predicted molar refractivity (Wildman–Crippen MR) is 154 cm³/mol. The van der Waals surface area contributed by atoms with Gasteiger partial charge in [0.05, 0.1) is 34.6 Å². The van der Waals surface area contributed by atoms with Gasteiger partial charge in [-0.3, -0.25) is 4.98 Å². The summed E-state index contributed by atoms with van der Waals surface area (Å²) in [7, 11) is 3.75. The van der Waals surface area contributed by atoms with Crippen molar-refractivity contribution in [3.63, 3.8) is 0 Å². The van der Waals surface area contributed by atoms with E-state index in [1.807, 2.05) is 42.5 Å². The van der Waals surface area contributed by atoms with Crippen molar-refractivity contribution in [1.82, 2.24) is 9.88 Å². The number of likely N-dealkylation sites (tertiary alicyclic amines) is 1. The van der Waals surface area contributed by atoms with Crippen LogP contribution in [0, 0.1) is 11.3 Å². The molecule has 9 heteroatoms. The number of nitrogens with zero attached hydrogens (tertiary/aromatic N) is 3. The van der Waals surface area contributed by atoms with Crippen molar-refractivity contribution in [3.8, 4) is 23.3 Å². The summed E-state index contributed by atoms with van der Waals surface area (Å²) in [5, 5.41) is 14.3. The van der Waals surface area contributed by atoms with E-state index < -0.39 is 0 Å². The number of benzene rings is 3. The molecule has 3 aromatic carbocycles. The molecule has 0 saturated carbocycles. The van der Waals surface area contributed by atoms with Gasteiger partial charge in [-0.1, -0.05) is 23.7 Å². The first-order valence-corrected chi connectivity index (χ1v) is 13.1. The Morgan fingerprint density at radius 2 is 1.87 bits per heavy atom. The molecule has 0 bridgehead atoms. The quantitative estimate of drug-likeness (QED) is 0.255. The molecule has 1 saturated heterocycles. The minimum atomic E-state index is 0.115. The molecule has 0 radical (unpaired) electrons. The Labute approximate surface area is 232 Å². The van der Waals surface area contributed by atoms with Crippen molar-refractivity contribution in [1.29, 1.82) is 5.26 Å². The normalized spacial score (nSPS) is 14.1. The fourth-order valence-corrected chi connectivity index (χ4v) is 4.80. The summed E-state index contributed by atoms with van der Waals surface area (Å²) in [5.74, 6) is 1.95. The van der Waals surface area contributed by atoms with E-state index in [0.29, 0.717) is 51.3 Å². The number of nitrogen functional groups attached to an aromatic ring is 1. The Morgan fingerprint density at radius 3 is 2.56 bits per heavy atom. The molecule has 1 fully saturated rings. The standard InChI is InChI=1S/C30H30ClN5O3/c1-36-11-9-23(10-12-36)39-29-15-27-24(14-26(29)33)30(20(16-32)17-34-27)35-21-5-8-28(25(31)13-21)38-18-19-3-6-22(37-2)7-4-19/h3-8,13-15,17,23H,9-12,18,33H2,1-2H3,(H,34,35). The maximum Gasteiger partial charge on any atom is 0.144 e. The van der Waals surface area contributed by atoms with Crippen molar-refractivity contribution < 1.29 is 14.2 Å². The Kier molecular flexibility index (Phi) is 7.92. The zero-order chi connectivity index (χ0) is 27.4. The van der Waals surface area contributed by atoms with Crippen molar-refractivity contribution in [2.75, 3.05) is 38.3 Å². The largest absolute Gasteiger partial charge is 0.497 e. The van der Waals surface area contributed by atoms with Crippen LogP contribution in [0.3, 0.4) is 0 Å². The van der Waals surface area contributed by atoms with Gasteiger partial charge < -0.3 is 30.2 Å². The summed E-state index contributed by atoms with van der Waals surface area (Å²) in [6.45, 7) is 2.35. The maximum atomic E-state index is 9.78. The molecule has 1 aliphatic heterocycles. The summed E-state index contributed by atoms with van der Waals surface area (Å²) >= 11 is 6.55. The van der Waals surface area contributed by atoms with Crippen molar-refractivity contribution in [3.05, 3.63) is 76.9 Å². The van der Waals surface area contributed by atoms with Gasteiger partial charge in [-0.15, -0.1) is 0 Å². The highest BCUT2D eigenvalue weighted by molar-refractivity contribution is 6.32. The second kappa shape index (κ2) is 11.7. The Balaban J connectivity index is 1.35. The van der Waals surface area contributed by atoms with Crippen molar-refractivity contribution >= 4 is 39.6 Å². The smallest absolute Gasteiger partial charge is 0.144 e. The number of nitriles is 1. The van der Waals surface area contributed by atoms with Crippen LogP contribution < -0.4 is 25.3 Å². The molecule has 0 spiro atoms. The van der Waals surface area contributed by atoms with E-state index in [1.54, 1.807) is 25.4 Å². The van der Waals surface area contributed by atoms with E-state index in [4.69, 9.17) is 31.5 Å². The highest BCUT2D eigenvalue weighted by Crippen LogP contribution is 2.37. The van der Waals surface area contributed by atoms with Crippen LogP contribution in [0.15, 0.2) is 60.8 Å². The molecule has 2 heterocycles. The third kappa shape index (κ3) is 6.11. The Bertz CT molecular complexity index is 1510. The van der Waals surface area contributed by atoms with E-state index in [1.165, 1.54) is 0 Å². The van der Waals surface area contributed by atoms with E-state index in [-0.39, 0.29) is 6.10 Å². The number of anilines is 3. The van der Waals surface area contributed by atoms with Gasteiger partial charge in [-0.2, -0.15) is 5.26 Å². The first kappa shape index (κ1) is 26.4. The molecule has 0 unspecified atom stereocenters. The Morgan fingerprint density at radius 1 is 1.10 bits per heavy atom. The van der Waals surface area contributed by atoms with Crippen LogP contribution in [0.25, 0.3) is 10.9 Å². The van der Waals surface area contributed by atoms with Crippen LogP contribution in [0.4, 0.5) is 17.1 Å². The van der Waals surface area contributed by atoms with Crippen molar-refractivity contribution in [2.45, 2.75) is 25.6 Å². The minimum Gasteiger partial charge on any atom is -0.497 e. The number of piperidine rings is 1. The molecule has 1 aromatic heterocycles. The van der Waals surface area contributed by atoms with E-state index >= 15 is 0 Å². The van der Waals surface area contributed by atoms with Crippen LogP contribution in [-0.4, -0.2) is 43.2 Å². The fraction of sp³-hybridized carbons (Fsp3) is 0.267. The third-order valence-corrected chi connectivity index (χ3v) is 7.13. The van der Waals surface area contributed by atoms with E-state index in [2.05, 4.69) is 28.3 Å². The van der Waals surface area contributed by atoms with E-state index in [0.717, 1.165) is 42.6 Å². The molecule has 200 valence electrons. The van der Waals surface area contributed by atoms with E-state index in [9.17, 15) is 5.26 Å². The first-order chi connectivity index (χ1) is 18.9. The zero-order valence-electron chi connectivity index (χ0n) is 21.9. The molecule has 0 atom stereocenters. The average Bonchev–Trinajstić information content (AvgIpc) is 2.95. The maximum absolute atomic E-state index is 9.78. The lowest BCUT2D eigenvalue weighted by Crippen LogP contribution is -2.35. The lowest BCUT2D eigenvalue weighted by atomic mass is 10.1. The number of hydrogen-bond donors (Lipinski definition) is 2. The second-order valence-electron chi connectivity index (χ2n) is 9.59. The van der Waals surface area contributed by atoms with Gasteiger partial charge in [0.2, 0.25) is 0 Å². The number of halogens is 1. The topological polar surface area (TPSA) is 106 Å². The number of ether oxygens (including phenoxy) is 3. The molecule has 3 N–H and O–H groups in total. The van der Waals surface area contributed by atoms with Gasteiger partial charge in [0, 0.05) is 36.4 Å². The first-order valence-electron chi connectivity index (χ1n) is 12.7. The average molecular weight is 544 g/mol. The molecular weight excluding hydrogens is 514 g/mol. The molecule has 8 nitrogen and oxygen atoms in total. The summed E-state index contributed by atoms with van der Waals surface area (Å²) in [6.07, 6.45) is 3.56. The molecule has 1 aliphatic rings. The second-order valence-corrected chi connectivity index (χ2v) is 10.0. The lowest BCUT2D eigenvalue weighted by molar-refractivity contribution is 0.115. The van der Waals surface area contributed by atoms with Crippen LogP contribution in [0.2, 0.25) is 5.02 Å². The monoisotopic (exact) mass is 543 g/mol. The number of methoxy groups -OCH3 is 1. The molecule has 4 aromatic rings. The van der Waals surface area contributed by atoms with Gasteiger partial charge in [0.15, 0.2) is 0 Å². The SMILES string of the molecule is COc1ccc(COc2ccc(Nc3c(C#N)cnc4cc(OC5CCN(C)CC5)c(N)cc34)cc2Cl)cc1. The zero-order valence-corrected chi connectivity index (χ0v) is 22.7. The summed E-state index contributed by atoms with van der Waals surface area (Å²) in [6, 6.07) is 18.9. The number of nitrogens with two attached hydrogens (primary N) is 1.